The molecule has 0 fully saturated rings. The first-order valence-corrected chi connectivity index (χ1v) is 7.02. The number of hydrogen-bond acceptors (Lipinski definition) is 5. The summed E-state index contributed by atoms with van der Waals surface area (Å²) in [5.74, 6) is 1.13. The lowest BCUT2D eigenvalue weighted by molar-refractivity contribution is 0.432. The molecule has 0 aliphatic carbocycles. The summed E-state index contributed by atoms with van der Waals surface area (Å²) in [5.41, 5.74) is 4.29. The molecule has 0 spiro atoms. The van der Waals surface area contributed by atoms with Crippen LogP contribution in [0.5, 0.6) is 0 Å². The minimum Gasteiger partial charge on any atom is -0.385 e. The van der Waals surface area contributed by atoms with E-state index in [4.69, 9.17) is 4.52 Å². The lowest BCUT2D eigenvalue weighted by atomic mass is 9.97. The van der Waals surface area contributed by atoms with Gasteiger partial charge in [-0.15, -0.1) is 0 Å². The van der Waals surface area contributed by atoms with Gasteiger partial charge in [-0.3, -0.25) is 4.98 Å². The van der Waals surface area contributed by atoms with Crippen LogP contribution in [0.15, 0.2) is 47.2 Å². The number of fused-ring (bicyclic) bond motifs is 1. The highest BCUT2D eigenvalue weighted by Gasteiger charge is 2.18. The highest BCUT2D eigenvalue weighted by Crippen LogP contribution is 2.32. The lowest BCUT2D eigenvalue weighted by Crippen LogP contribution is -2.12. The van der Waals surface area contributed by atoms with Crippen LogP contribution in [0.1, 0.15) is 12.0 Å². The van der Waals surface area contributed by atoms with Gasteiger partial charge in [-0.2, -0.15) is 4.98 Å². The van der Waals surface area contributed by atoms with E-state index >= 15 is 0 Å². The highest BCUT2D eigenvalue weighted by atomic mass is 16.5. The number of pyridine rings is 1. The third-order valence-electron chi connectivity index (χ3n) is 3.67. The van der Waals surface area contributed by atoms with Crippen molar-refractivity contribution in [2.45, 2.75) is 12.8 Å². The van der Waals surface area contributed by atoms with E-state index in [1.165, 1.54) is 11.3 Å². The zero-order valence-corrected chi connectivity index (χ0v) is 11.4. The average molecular weight is 278 g/mol. The molecule has 21 heavy (non-hydrogen) atoms. The normalized spacial score (nSPS) is 13.5. The maximum absolute atomic E-state index is 5.45. The Labute approximate surface area is 122 Å². The number of nitrogens with zero attached hydrogens (tertiary/aromatic N) is 3. The Bertz CT molecular complexity index is 767. The summed E-state index contributed by atoms with van der Waals surface area (Å²) in [6.07, 6.45) is 5.61. The van der Waals surface area contributed by atoms with E-state index in [1.54, 1.807) is 12.4 Å². The highest BCUT2D eigenvalue weighted by molar-refractivity contribution is 5.70. The van der Waals surface area contributed by atoms with Crippen LogP contribution < -0.4 is 5.32 Å². The summed E-state index contributed by atoms with van der Waals surface area (Å²) in [5, 5.41) is 7.48. The van der Waals surface area contributed by atoms with E-state index in [9.17, 15) is 0 Å². The fourth-order valence-electron chi connectivity index (χ4n) is 2.66. The molecule has 0 saturated heterocycles. The van der Waals surface area contributed by atoms with Gasteiger partial charge < -0.3 is 9.84 Å². The molecule has 4 rings (SSSR count). The summed E-state index contributed by atoms with van der Waals surface area (Å²) in [6, 6.07) is 9.92. The molecule has 1 aromatic carbocycles. The molecule has 104 valence electrons. The molecule has 0 radical (unpaired) electrons. The largest absolute Gasteiger partial charge is 0.385 e. The summed E-state index contributed by atoms with van der Waals surface area (Å²) in [4.78, 5) is 8.59. The zero-order valence-electron chi connectivity index (χ0n) is 11.4. The molecule has 3 aromatic rings. The number of hydrogen-bond donors (Lipinski definition) is 1. The van der Waals surface area contributed by atoms with Crippen molar-refractivity contribution in [3.05, 3.63) is 48.3 Å². The van der Waals surface area contributed by atoms with Gasteiger partial charge in [0.1, 0.15) is 0 Å². The smallest absolute Gasteiger partial charge is 0.258 e. The van der Waals surface area contributed by atoms with Gasteiger partial charge in [0.05, 0.1) is 0 Å². The predicted molar refractivity (Wildman–Crippen MR) is 79.8 cm³/mol. The van der Waals surface area contributed by atoms with E-state index in [-0.39, 0.29) is 0 Å². The molecule has 0 saturated carbocycles. The standard InChI is InChI=1S/C16H14N4O/c1-5-13(12-6-3-9-18-14(12)7-1)16-19-15(20-21-16)11-4-2-8-17-10-11/h1-2,4-5,7-8,10,18H,3,6,9H2. The van der Waals surface area contributed by atoms with Crippen molar-refractivity contribution in [1.82, 2.24) is 15.1 Å². The van der Waals surface area contributed by atoms with Crippen LogP contribution >= 0.6 is 0 Å². The number of nitrogens with one attached hydrogen (secondary N) is 1. The van der Waals surface area contributed by atoms with E-state index in [0.29, 0.717) is 11.7 Å². The van der Waals surface area contributed by atoms with Crippen LogP contribution in [0.25, 0.3) is 22.8 Å². The van der Waals surface area contributed by atoms with E-state index in [0.717, 1.165) is 30.5 Å². The third-order valence-corrected chi connectivity index (χ3v) is 3.67. The molecule has 1 aliphatic heterocycles. The van der Waals surface area contributed by atoms with E-state index in [1.807, 2.05) is 24.3 Å². The number of anilines is 1. The summed E-state index contributed by atoms with van der Waals surface area (Å²) in [7, 11) is 0. The monoisotopic (exact) mass is 278 g/mol. The molecule has 3 heterocycles. The molecule has 0 unspecified atom stereocenters. The molecule has 0 atom stereocenters. The Balaban J connectivity index is 1.77. The second kappa shape index (κ2) is 5.01. The van der Waals surface area contributed by atoms with Gasteiger partial charge in [-0.05, 0) is 42.7 Å². The Hall–Kier alpha value is -2.69. The molecule has 1 N–H and O–H groups in total. The van der Waals surface area contributed by atoms with Gasteiger partial charge >= 0.3 is 0 Å². The summed E-state index contributed by atoms with van der Waals surface area (Å²) >= 11 is 0. The van der Waals surface area contributed by atoms with Crippen LogP contribution in [0.2, 0.25) is 0 Å². The number of benzene rings is 1. The van der Waals surface area contributed by atoms with Crippen LogP contribution in [0.4, 0.5) is 5.69 Å². The van der Waals surface area contributed by atoms with Crippen molar-refractivity contribution in [2.75, 3.05) is 11.9 Å². The van der Waals surface area contributed by atoms with Gasteiger partial charge in [0.2, 0.25) is 5.82 Å². The summed E-state index contributed by atoms with van der Waals surface area (Å²) < 4.78 is 5.45. The van der Waals surface area contributed by atoms with Crippen LogP contribution in [0.3, 0.4) is 0 Å². The van der Waals surface area contributed by atoms with E-state index < -0.39 is 0 Å². The van der Waals surface area contributed by atoms with Crippen LogP contribution in [-0.2, 0) is 6.42 Å². The maximum atomic E-state index is 5.45. The molecule has 0 bridgehead atoms. The fourth-order valence-corrected chi connectivity index (χ4v) is 2.66. The van der Waals surface area contributed by atoms with Gasteiger partial charge in [-0.1, -0.05) is 11.2 Å². The van der Waals surface area contributed by atoms with Gasteiger partial charge in [0, 0.05) is 35.8 Å². The topological polar surface area (TPSA) is 63.8 Å². The zero-order chi connectivity index (χ0) is 14.1. The molecule has 1 aliphatic rings. The predicted octanol–water partition coefficient (Wildman–Crippen LogP) is 3.16. The van der Waals surface area contributed by atoms with Crippen molar-refractivity contribution in [3.63, 3.8) is 0 Å². The Morgan fingerprint density at radius 1 is 1.14 bits per heavy atom. The van der Waals surface area contributed by atoms with Gasteiger partial charge in [0.25, 0.3) is 5.89 Å². The Morgan fingerprint density at radius 3 is 3.05 bits per heavy atom. The fraction of sp³-hybridized carbons (Fsp3) is 0.188. The maximum Gasteiger partial charge on any atom is 0.258 e. The van der Waals surface area contributed by atoms with Gasteiger partial charge in [-0.25, -0.2) is 0 Å². The minimum atomic E-state index is 0.564. The average Bonchev–Trinajstić information content (AvgIpc) is 3.05. The first-order valence-electron chi connectivity index (χ1n) is 7.02. The second-order valence-electron chi connectivity index (χ2n) is 5.03. The minimum absolute atomic E-state index is 0.564. The van der Waals surface area contributed by atoms with Crippen molar-refractivity contribution >= 4 is 5.69 Å². The quantitative estimate of drug-likeness (QED) is 0.780. The van der Waals surface area contributed by atoms with Crippen LogP contribution in [0, 0.1) is 0 Å². The molecule has 0 amide bonds. The molecular weight excluding hydrogens is 264 g/mol. The molecular formula is C16H14N4O. The van der Waals surface area contributed by atoms with Crippen molar-refractivity contribution < 1.29 is 4.52 Å². The first kappa shape index (κ1) is 12.1. The Kier molecular flexibility index (Phi) is 2.88. The number of aromatic nitrogens is 3. The second-order valence-corrected chi connectivity index (χ2v) is 5.03. The molecule has 5 nitrogen and oxygen atoms in total. The molecule has 5 heteroatoms. The lowest BCUT2D eigenvalue weighted by Gasteiger charge is -2.19. The Morgan fingerprint density at radius 2 is 2.14 bits per heavy atom. The van der Waals surface area contributed by atoms with Crippen molar-refractivity contribution in [1.29, 1.82) is 0 Å². The first-order chi connectivity index (χ1) is 10.4. The van der Waals surface area contributed by atoms with Gasteiger partial charge in [0.15, 0.2) is 0 Å². The third kappa shape index (κ3) is 2.16. The SMILES string of the molecule is c1cncc(-c2noc(-c3cccc4c3CCCN4)n2)c1. The van der Waals surface area contributed by atoms with E-state index in [2.05, 4.69) is 26.5 Å². The number of rotatable bonds is 2. The summed E-state index contributed by atoms with van der Waals surface area (Å²) in [6.45, 7) is 1.02. The molecule has 2 aromatic heterocycles. The van der Waals surface area contributed by atoms with Crippen molar-refractivity contribution in [3.8, 4) is 22.8 Å². The van der Waals surface area contributed by atoms with Crippen LogP contribution in [-0.4, -0.2) is 21.7 Å². The van der Waals surface area contributed by atoms with Crippen molar-refractivity contribution in [2.24, 2.45) is 0 Å².